The molecule has 130 valence electrons. The first-order chi connectivity index (χ1) is 11.4. The summed E-state index contributed by atoms with van der Waals surface area (Å²) in [6.07, 6.45) is 4.89. The number of carbonyl (C=O) groups excluding carboxylic acids is 1. The summed E-state index contributed by atoms with van der Waals surface area (Å²) in [4.78, 5) is 25.7. The molecule has 0 atom stereocenters. The largest absolute Gasteiger partial charge is 0.481 e. The highest BCUT2D eigenvalue weighted by Crippen LogP contribution is 2.49. The Hall–Kier alpha value is -1.36. The van der Waals surface area contributed by atoms with Gasteiger partial charge in [-0.15, -0.1) is 0 Å². The molecule has 24 heavy (non-hydrogen) atoms. The zero-order valence-corrected chi connectivity index (χ0v) is 15.6. The Morgan fingerprint density at radius 3 is 2.17 bits per heavy atom. The van der Waals surface area contributed by atoms with Crippen LogP contribution in [0.15, 0.2) is 28.7 Å². The predicted molar refractivity (Wildman–Crippen MR) is 95.8 cm³/mol. The van der Waals surface area contributed by atoms with Gasteiger partial charge in [0.2, 0.25) is 5.91 Å². The number of carboxylic acid groups (broad SMARTS) is 1. The summed E-state index contributed by atoms with van der Waals surface area (Å²) in [6, 6.07) is 8.41. The predicted octanol–water partition coefficient (Wildman–Crippen LogP) is 3.83. The highest BCUT2D eigenvalue weighted by Gasteiger charge is 2.46. The molecule has 3 rings (SSSR count). The van der Waals surface area contributed by atoms with Gasteiger partial charge in [0.25, 0.3) is 0 Å². The van der Waals surface area contributed by atoms with Gasteiger partial charge >= 0.3 is 5.97 Å². The van der Waals surface area contributed by atoms with Crippen LogP contribution in [0.3, 0.4) is 0 Å². The average Bonchev–Trinajstić information content (AvgIpc) is 3.35. The van der Waals surface area contributed by atoms with Crippen LogP contribution in [0.25, 0.3) is 0 Å². The van der Waals surface area contributed by atoms with Gasteiger partial charge in [-0.05, 0) is 56.2 Å². The quantitative estimate of drug-likeness (QED) is 0.826. The van der Waals surface area contributed by atoms with E-state index < -0.39 is 5.97 Å². The van der Waals surface area contributed by atoms with Crippen LogP contribution >= 0.6 is 15.9 Å². The van der Waals surface area contributed by atoms with Crippen molar-refractivity contribution in [3.63, 3.8) is 0 Å². The van der Waals surface area contributed by atoms with Gasteiger partial charge in [-0.2, -0.15) is 0 Å². The Balaban J connectivity index is 1.59. The summed E-state index contributed by atoms with van der Waals surface area (Å²) < 4.78 is 1.07. The van der Waals surface area contributed by atoms with Crippen molar-refractivity contribution in [2.45, 2.75) is 43.9 Å². The summed E-state index contributed by atoms with van der Waals surface area (Å²) >= 11 is 3.47. The fourth-order valence-electron chi connectivity index (χ4n) is 3.92. The van der Waals surface area contributed by atoms with Gasteiger partial charge in [0.15, 0.2) is 0 Å². The molecule has 0 radical (unpaired) electrons. The highest BCUT2D eigenvalue weighted by molar-refractivity contribution is 9.10. The van der Waals surface area contributed by atoms with E-state index in [-0.39, 0.29) is 23.2 Å². The number of amides is 1. The number of hydrogen-bond acceptors (Lipinski definition) is 2. The first kappa shape index (κ1) is 17.5. The SMILES string of the molecule is CN(CC1(c2ccc(Br)cc2)CC1)C(=O)C1CCC(C(=O)O)CC1. The molecule has 2 fully saturated rings. The van der Waals surface area contributed by atoms with Crippen molar-refractivity contribution in [3.05, 3.63) is 34.3 Å². The van der Waals surface area contributed by atoms with Crippen LogP contribution in [-0.4, -0.2) is 35.5 Å². The summed E-state index contributed by atoms with van der Waals surface area (Å²) in [7, 11) is 1.89. The summed E-state index contributed by atoms with van der Waals surface area (Å²) in [5.74, 6) is -0.813. The van der Waals surface area contributed by atoms with Crippen LogP contribution in [0, 0.1) is 11.8 Å². The Labute approximate surface area is 151 Å². The molecule has 0 saturated heterocycles. The van der Waals surface area contributed by atoms with Gasteiger partial charge in [0, 0.05) is 29.4 Å². The summed E-state index contributed by atoms with van der Waals surface area (Å²) in [5, 5.41) is 9.08. The number of likely N-dealkylation sites (N-methyl/N-ethyl adjacent to an activating group) is 1. The molecule has 1 aromatic carbocycles. The van der Waals surface area contributed by atoms with E-state index in [9.17, 15) is 9.59 Å². The number of carbonyl (C=O) groups is 2. The molecule has 1 amide bonds. The molecule has 0 aromatic heterocycles. The van der Waals surface area contributed by atoms with Crippen molar-refractivity contribution < 1.29 is 14.7 Å². The zero-order valence-electron chi connectivity index (χ0n) is 14.0. The van der Waals surface area contributed by atoms with Crippen molar-refractivity contribution in [1.82, 2.24) is 4.90 Å². The van der Waals surface area contributed by atoms with Crippen LogP contribution in [0.4, 0.5) is 0 Å². The molecule has 5 heteroatoms. The number of hydrogen-bond donors (Lipinski definition) is 1. The number of benzene rings is 1. The lowest BCUT2D eigenvalue weighted by atomic mass is 9.81. The molecule has 4 nitrogen and oxygen atoms in total. The minimum absolute atomic E-state index is 0.00804. The molecule has 2 saturated carbocycles. The van der Waals surface area contributed by atoms with E-state index in [1.165, 1.54) is 5.56 Å². The van der Waals surface area contributed by atoms with Gasteiger partial charge in [0.1, 0.15) is 0 Å². The molecular formula is C19H24BrNO3. The van der Waals surface area contributed by atoms with Crippen LogP contribution in [0.1, 0.15) is 44.1 Å². The van der Waals surface area contributed by atoms with Crippen molar-refractivity contribution in [2.24, 2.45) is 11.8 Å². The Kier molecular flexibility index (Phi) is 5.00. The van der Waals surface area contributed by atoms with Gasteiger partial charge < -0.3 is 10.0 Å². The molecule has 0 aliphatic heterocycles. The Morgan fingerprint density at radius 1 is 1.12 bits per heavy atom. The minimum Gasteiger partial charge on any atom is -0.481 e. The molecule has 2 aliphatic carbocycles. The third-order valence-corrected chi connectivity index (χ3v) is 6.18. The first-order valence-electron chi connectivity index (χ1n) is 8.65. The summed E-state index contributed by atoms with van der Waals surface area (Å²) in [6.45, 7) is 0.756. The van der Waals surface area contributed by atoms with Gasteiger partial charge in [-0.1, -0.05) is 28.1 Å². The number of carboxylic acids is 1. The van der Waals surface area contributed by atoms with Crippen molar-refractivity contribution in [3.8, 4) is 0 Å². The van der Waals surface area contributed by atoms with Gasteiger partial charge in [0.05, 0.1) is 5.92 Å². The Morgan fingerprint density at radius 2 is 1.67 bits per heavy atom. The fourth-order valence-corrected chi connectivity index (χ4v) is 4.19. The third kappa shape index (κ3) is 3.66. The van der Waals surface area contributed by atoms with E-state index >= 15 is 0 Å². The second kappa shape index (κ2) is 6.87. The third-order valence-electron chi connectivity index (χ3n) is 5.65. The number of aliphatic carboxylic acids is 1. The minimum atomic E-state index is -0.721. The summed E-state index contributed by atoms with van der Waals surface area (Å²) in [5.41, 5.74) is 1.42. The van der Waals surface area contributed by atoms with E-state index in [2.05, 4.69) is 40.2 Å². The molecule has 2 aliphatic rings. The van der Waals surface area contributed by atoms with Crippen LogP contribution in [0.5, 0.6) is 0 Å². The van der Waals surface area contributed by atoms with Crippen molar-refractivity contribution >= 4 is 27.8 Å². The molecule has 1 N–H and O–H groups in total. The van der Waals surface area contributed by atoms with Gasteiger partial charge in [-0.25, -0.2) is 0 Å². The monoisotopic (exact) mass is 393 g/mol. The van der Waals surface area contributed by atoms with Gasteiger partial charge in [-0.3, -0.25) is 9.59 Å². The number of halogens is 1. The molecule has 1 aromatic rings. The smallest absolute Gasteiger partial charge is 0.306 e. The highest BCUT2D eigenvalue weighted by atomic mass is 79.9. The first-order valence-corrected chi connectivity index (χ1v) is 9.44. The van der Waals surface area contributed by atoms with E-state index in [4.69, 9.17) is 5.11 Å². The second-order valence-corrected chi connectivity index (χ2v) is 8.28. The molecule has 0 heterocycles. The maximum Gasteiger partial charge on any atom is 0.306 e. The maximum absolute atomic E-state index is 12.7. The van der Waals surface area contributed by atoms with E-state index in [1.807, 2.05) is 11.9 Å². The lowest BCUT2D eigenvalue weighted by molar-refractivity contribution is -0.145. The molecule has 0 bridgehead atoms. The maximum atomic E-state index is 12.7. The number of rotatable bonds is 5. The van der Waals surface area contributed by atoms with Crippen molar-refractivity contribution in [1.29, 1.82) is 0 Å². The van der Waals surface area contributed by atoms with Crippen LogP contribution in [0.2, 0.25) is 0 Å². The van der Waals surface area contributed by atoms with E-state index in [0.717, 1.165) is 23.9 Å². The number of nitrogens with zero attached hydrogens (tertiary/aromatic N) is 1. The van der Waals surface area contributed by atoms with E-state index in [1.54, 1.807) is 0 Å². The average molecular weight is 394 g/mol. The van der Waals surface area contributed by atoms with Crippen LogP contribution in [-0.2, 0) is 15.0 Å². The lowest BCUT2D eigenvalue weighted by Gasteiger charge is -2.31. The second-order valence-electron chi connectivity index (χ2n) is 7.37. The zero-order chi connectivity index (χ0) is 17.3. The normalized spacial score (nSPS) is 25.1. The molecule has 0 spiro atoms. The molecular weight excluding hydrogens is 370 g/mol. The van der Waals surface area contributed by atoms with Crippen molar-refractivity contribution in [2.75, 3.05) is 13.6 Å². The topological polar surface area (TPSA) is 57.6 Å². The van der Waals surface area contributed by atoms with Crippen LogP contribution < -0.4 is 0 Å². The fraction of sp³-hybridized carbons (Fsp3) is 0.579. The molecule has 0 unspecified atom stereocenters. The standard InChI is InChI=1S/C19H24BrNO3/c1-21(17(22)13-2-4-14(5-3-13)18(23)24)12-19(10-11-19)15-6-8-16(20)9-7-15/h6-9,13-14H,2-5,10-12H2,1H3,(H,23,24). The van der Waals surface area contributed by atoms with E-state index in [0.29, 0.717) is 25.7 Å². The Bertz CT molecular complexity index is 616. The lowest BCUT2D eigenvalue weighted by Crippen LogP contribution is -2.40.